The topological polar surface area (TPSA) is 87.7 Å². The second kappa shape index (κ2) is 10.6. The van der Waals surface area contributed by atoms with Crippen LogP contribution in [-0.4, -0.2) is 53.0 Å². The van der Waals surface area contributed by atoms with Crippen molar-refractivity contribution >= 4 is 39.3 Å². The van der Waals surface area contributed by atoms with Gasteiger partial charge in [0.25, 0.3) is 0 Å². The summed E-state index contributed by atoms with van der Waals surface area (Å²) in [5.74, 6) is -1.93. The van der Waals surface area contributed by atoms with Crippen LogP contribution in [0.3, 0.4) is 0 Å². The summed E-state index contributed by atoms with van der Waals surface area (Å²) in [5, 5.41) is 6.24. The van der Waals surface area contributed by atoms with Gasteiger partial charge in [0.1, 0.15) is 11.6 Å². The van der Waals surface area contributed by atoms with Crippen LogP contribution in [0.15, 0.2) is 52.5 Å². The van der Waals surface area contributed by atoms with Gasteiger partial charge >= 0.3 is 0 Å². The molecule has 5 atom stereocenters. The normalized spacial score (nSPS) is 32.3. The van der Waals surface area contributed by atoms with E-state index >= 15 is 0 Å². The Morgan fingerprint density at radius 2 is 1.84 bits per heavy atom. The molecule has 1 aromatic carbocycles. The molecular formula is C30H36BrN3O4. The predicted octanol–water partition coefficient (Wildman–Crippen LogP) is 4.88. The number of nitrogens with one attached hydrogen (secondary N) is 2. The van der Waals surface area contributed by atoms with Gasteiger partial charge in [0.05, 0.1) is 17.9 Å². The van der Waals surface area contributed by atoms with Crippen molar-refractivity contribution in [3.8, 4) is 0 Å². The van der Waals surface area contributed by atoms with Crippen molar-refractivity contribution in [2.24, 2.45) is 11.8 Å². The molecule has 1 aromatic rings. The summed E-state index contributed by atoms with van der Waals surface area (Å²) in [4.78, 5) is 43.3. The quantitative estimate of drug-likeness (QED) is 0.449. The standard InChI is InChI=1S/C30H36BrN3O4/c31-20-11-13-22(14-12-20)32-27(35)24-23-15-17-30(38-23)25(24)29(37)34(18-16-19-7-3-1-4-8-19)26(30)28(36)33-21-9-5-2-6-10-21/h7,11-15,17,21,23-26H,1-6,8-10,16,18H2,(H,32,35)(H,33,36)/t23-,24+,25-,26-,30-/m0/s1. The lowest BCUT2D eigenvalue weighted by Gasteiger charge is -2.34. The van der Waals surface area contributed by atoms with Gasteiger partial charge in [-0.25, -0.2) is 0 Å². The molecule has 202 valence electrons. The second-order valence-electron chi connectivity index (χ2n) is 11.4. The van der Waals surface area contributed by atoms with Crippen molar-refractivity contribution in [2.75, 3.05) is 11.9 Å². The van der Waals surface area contributed by atoms with Crippen molar-refractivity contribution in [3.63, 3.8) is 0 Å². The molecule has 38 heavy (non-hydrogen) atoms. The van der Waals surface area contributed by atoms with Gasteiger partial charge in [0.15, 0.2) is 0 Å². The van der Waals surface area contributed by atoms with E-state index in [1.165, 1.54) is 24.8 Å². The number of benzene rings is 1. The SMILES string of the molecule is O=C(Nc1ccc(Br)cc1)[C@@H]1[C@@H]2C=C[C@]3(O2)[C@@H]1C(=O)N(CCC1=CCCCC1)[C@H]3C(=O)NC1CCCCC1. The molecule has 0 unspecified atom stereocenters. The molecule has 0 aromatic heterocycles. The average Bonchev–Trinajstić information content (AvgIpc) is 3.57. The van der Waals surface area contributed by atoms with E-state index in [4.69, 9.17) is 4.74 Å². The molecule has 6 rings (SSSR count). The van der Waals surface area contributed by atoms with E-state index in [1.54, 1.807) is 4.90 Å². The summed E-state index contributed by atoms with van der Waals surface area (Å²) >= 11 is 3.42. The summed E-state index contributed by atoms with van der Waals surface area (Å²) in [6.07, 6.45) is 16.1. The van der Waals surface area contributed by atoms with Gasteiger partial charge in [-0.3, -0.25) is 14.4 Å². The number of halogens is 1. The molecule has 1 saturated carbocycles. The first-order valence-corrected chi connectivity index (χ1v) is 15.0. The molecule has 2 bridgehead atoms. The zero-order chi connectivity index (χ0) is 26.3. The molecule has 3 heterocycles. The number of carbonyl (C=O) groups excluding carboxylic acids is 3. The van der Waals surface area contributed by atoms with Gasteiger partial charge in [0, 0.05) is 22.7 Å². The van der Waals surface area contributed by atoms with Crippen LogP contribution in [0, 0.1) is 11.8 Å². The minimum Gasteiger partial charge on any atom is -0.359 e. The minimum absolute atomic E-state index is 0.129. The van der Waals surface area contributed by atoms with Crippen LogP contribution >= 0.6 is 15.9 Å². The van der Waals surface area contributed by atoms with Crippen molar-refractivity contribution < 1.29 is 19.1 Å². The Bertz CT molecular complexity index is 1160. The van der Waals surface area contributed by atoms with Crippen LogP contribution in [0.4, 0.5) is 5.69 Å². The van der Waals surface area contributed by atoms with Crippen molar-refractivity contribution in [2.45, 2.75) is 88.0 Å². The Kier molecular flexibility index (Phi) is 7.20. The maximum atomic E-state index is 14.1. The summed E-state index contributed by atoms with van der Waals surface area (Å²) in [6.45, 7) is 0.467. The molecule has 2 N–H and O–H groups in total. The second-order valence-corrected chi connectivity index (χ2v) is 12.3. The zero-order valence-electron chi connectivity index (χ0n) is 21.7. The molecule has 3 aliphatic heterocycles. The van der Waals surface area contributed by atoms with E-state index < -0.39 is 29.6 Å². The van der Waals surface area contributed by atoms with Crippen LogP contribution in [-0.2, 0) is 19.1 Å². The highest BCUT2D eigenvalue weighted by molar-refractivity contribution is 9.10. The Labute approximate surface area is 232 Å². The largest absolute Gasteiger partial charge is 0.359 e. The number of nitrogens with zero attached hydrogens (tertiary/aromatic N) is 1. The summed E-state index contributed by atoms with van der Waals surface area (Å²) in [7, 11) is 0. The third-order valence-electron chi connectivity index (χ3n) is 9.05. The molecule has 8 heteroatoms. The molecule has 2 aliphatic carbocycles. The van der Waals surface area contributed by atoms with Crippen molar-refractivity contribution in [3.05, 3.63) is 52.5 Å². The van der Waals surface area contributed by atoms with Gasteiger partial charge in [-0.1, -0.05) is 59.0 Å². The maximum Gasteiger partial charge on any atom is 0.246 e. The van der Waals surface area contributed by atoms with Crippen molar-refractivity contribution in [1.82, 2.24) is 10.2 Å². The number of ether oxygens (including phenoxy) is 1. The van der Waals surface area contributed by atoms with Gasteiger partial charge in [-0.15, -0.1) is 0 Å². The van der Waals surface area contributed by atoms with Crippen LogP contribution in [0.2, 0.25) is 0 Å². The Morgan fingerprint density at radius 1 is 1.05 bits per heavy atom. The van der Waals surface area contributed by atoms with Gasteiger partial charge in [0.2, 0.25) is 17.7 Å². The van der Waals surface area contributed by atoms with E-state index in [9.17, 15) is 14.4 Å². The molecule has 2 saturated heterocycles. The number of amides is 3. The lowest BCUT2D eigenvalue weighted by Crippen LogP contribution is -2.56. The highest BCUT2D eigenvalue weighted by Gasteiger charge is 2.72. The molecule has 0 radical (unpaired) electrons. The first kappa shape index (κ1) is 25.8. The summed E-state index contributed by atoms with van der Waals surface area (Å²) < 4.78 is 7.39. The third kappa shape index (κ3) is 4.64. The highest BCUT2D eigenvalue weighted by Crippen LogP contribution is 2.55. The maximum absolute atomic E-state index is 14.1. The van der Waals surface area contributed by atoms with Crippen molar-refractivity contribution in [1.29, 1.82) is 0 Å². The molecule has 1 spiro atoms. The number of rotatable bonds is 7. The van der Waals surface area contributed by atoms with Gasteiger partial charge < -0.3 is 20.3 Å². The zero-order valence-corrected chi connectivity index (χ0v) is 23.3. The fourth-order valence-electron chi connectivity index (χ4n) is 7.19. The van der Waals surface area contributed by atoms with Crippen LogP contribution in [0.1, 0.15) is 64.2 Å². The smallest absolute Gasteiger partial charge is 0.246 e. The van der Waals surface area contributed by atoms with E-state index in [0.717, 1.165) is 49.4 Å². The van der Waals surface area contributed by atoms with Gasteiger partial charge in [-0.05, 0) is 69.2 Å². The molecule has 7 nitrogen and oxygen atoms in total. The summed E-state index contributed by atoms with van der Waals surface area (Å²) in [5.41, 5.74) is 0.913. The Morgan fingerprint density at radius 3 is 2.58 bits per heavy atom. The van der Waals surface area contributed by atoms with E-state index in [1.807, 2.05) is 36.4 Å². The van der Waals surface area contributed by atoms with E-state index in [-0.39, 0.29) is 23.8 Å². The lowest BCUT2D eigenvalue weighted by atomic mass is 9.74. The van der Waals surface area contributed by atoms with E-state index in [0.29, 0.717) is 12.2 Å². The van der Waals surface area contributed by atoms with Crippen LogP contribution in [0.25, 0.3) is 0 Å². The number of anilines is 1. The molecule has 3 fully saturated rings. The number of fused-ring (bicyclic) bond motifs is 1. The minimum atomic E-state index is -1.11. The van der Waals surface area contributed by atoms with Gasteiger partial charge in [-0.2, -0.15) is 0 Å². The number of hydrogen-bond acceptors (Lipinski definition) is 4. The predicted molar refractivity (Wildman–Crippen MR) is 148 cm³/mol. The fraction of sp³-hybridized carbons (Fsp3) is 0.567. The number of carbonyl (C=O) groups is 3. The third-order valence-corrected chi connectivity index (χ3v) is 9.58. The molecular weight excluding hydrogens is 546 g/mol. The summed E-state index contributed by atoms with van der Waals surface area (Å²) in [6, 6.07) is 6.73. The van der Waals surface area contributed by atoms with Crippen LogP contribution < -0.4 is 10.6 Å². The number of allylic oxidation sites excluding steroid dienone is 1. The first-order chi connectivity index (χ1) is 18.5. The monoisotopic (exact) mass is 581 g/mol. The fourth-order valence-corrected chi connectivity index (χ4v) is 7.45. The van der Waals surface area contributed by atoms with Crippen LogP contribution in [0.5, 0.6) is 0 Å². The molecule has 3 amide bonds. The molecule has 5 aliphatic rings. The Hall–Kier alpha value is -2.45. The highest BCUT2D eigenvalue weighted by atomic mass is 79.9. The van der Waals surface area contributed by atoms with E-state index in [2.05, 4.69) is 32.6 Å². The number of hydrogen-bond donors (Lipinski definition) is 2. The Balaban J connectivity index is 1.27. The first-order valence-electron chi connectivity index (χ1n) is 14.2. The lowest BCUT2D eigenvalue weighted by molar-refractivity contribution is -0.141. The number of likely N-dealkylation sites (tertiary alicyclic amines) is 1. The average molecular weight is 583 g/mol.